The average Bonchev–Trinajstić information content (AvgIpc) is 2.08. The molecule has 0 amide bonds. The Kier molecular flexibility index (Phi) is 3.92. The van der Waals surface area contributed by atoms with E-state index in [1.807, 2.05) is 20.8 Å². The maximum atomic E-state index is 11.8. The van der Waals surface area contributed by atoms with Gasteiger partial charge in [-0.15, -0.1) is 0 Å². The highest BCUT2D eigenvalue weighted by Gasteiger charge is 2.37. The zero-order valence-corrected chi connectivity index (χ0v) is 11.9. The molecule has 0 unspecified atom stereocenters. The first-order chi connectivity index (χ1) is 7.52. The van der Waals surface area contributed by atoms with E-state index in [-0.39, 0.29) is 11.5 Å². The van der Waals surface area contributed by atoms with Gasteiger partial charge in [0, 0.05) is 5.54 Å². The molecule has 0 heterocycles. The number of carbonyl (C=O) groups excluding carboxylic acids is 1. The number of hydrogen-bond donors (Lipinski definition) is 1. The van der Waals surface area contributed by atoms with Crippen LogP contribution in [0.15, 0.2) is 0 Å². The van der Waals surface area contributed by atoms with E-state index < -0.39 is 5.60 Å². The molecule has 1 aliphatic rings. The Morgan fingerprint density at radius 3 is 2.06 bits per heavy atom. The number of hydrogen-bond acceptors (Lipinski definition) is 3. The van der Waals surface area contributed by atoms with E-state index in [2.05, 4.69) is 13.8 Å². The summed E-state index contributed by atoms with van der Waals surface area (Å²) in [6, 6.07) is 0. The van der Waals surface area contributed by atoms with E-state index in [4.69, 9.17) is 10.5 Å². The van der Waals surface area contributed by atoms with Gasteiger partial charge in [-0.25, -0.2) is 0 Å². The fourth-order valence-electron chi connectivity index (χ4n) is 2.27. The lowest BCUT2D eigenvalue weighted by Crippen LogP contribution is -2.47. The molecule has 0 aliphatic heterocycles. The average molecular weight is 241 g/mol. The van der Waals surface area contributed by atoms with E-state index in [1.165, 1.54) is 0 Å². The van der Waals surface area contributed by atoms with Crippen molar-refractivity contribution in [2.45, 2.75) is 77.9 Å². The van der Waals surface area contributed by atoms with Gasteiger partial charge in [-0.3, -0.25) is 4.79 Å². The van der Waals surface area contributed by atoms with Crippen molar-refractivity contribution in [2.24, 2.45) is 11.1 Å². The van der Waals surface area contributed by atoms with Crippen molar-refractivity contribution in [1.29, 1.82) is 0 Å². The molecule has 100 valence electrons. The maximum absolute atomic E-state index is 11.8. The molecule has 0 atom stereocenters. The van der Waals surface area contributed by atoms with Crippen molar-refractivity contribution in [3.05, 3.63) is 0 Å². The quantitative estimate of drug-likeness (QED) is 0.756. The third-order valence-electron chi connectivity index (χ3n) is 3.52. The summed E-state index contributed by atoms with van der Waals surface area (Å²) in [5.41, 5.74) is 5.91. The first-order valence-corrected chi connectivity index (χ1v) is 6.52. The van der Waals surface area contributed by atoms with Gasteiger partial charge in [0.1, 0.15) is 5.60 Å². The van der Waals surface area contributed by atoms with Gasteiger partial charge in [0.15, 0.2) is 0 Å². The Morgan fingerprint density at radius 1 is 1.18 bits per heavy atom. The topological polar surface area (TPSA) is 52.3 Å². The first-order valence-electron chi connectivity index (χ1n) is 6.52. The third-order valence-corrected chi connectivity index (χ3v) is 3.52. The van der Waals surface area contributed by atoms with Crippen molar-refractivity contribution >= 4 is 5.97 Å². The fourth-order valence-corrected chi connectivity index (χ4v) is 2.27. The number of esters is 1. The smallest absolute Gasteiger partial charge is 0.308 e. The highest BCUT2D eigenvalue weighted by Crippen LogP contribution is 2.40. The predicted molar refractivity (Wildman–Crippen MR) is 69.6 cm³/mol. The van der Waals surface area contributed by atoms with Gasteiger partial charge < -0.3 is 10.5 Å². The minimum Gasteiger partial charge on any atom is -0.460 e. The second kappa shape index (κ2) is 4.60. The van der Waals surface area contributed by atoms with Crippen LogP contribution in [0.2, 0.25) is 0 Å². The van der Waals surface area contributed by atoms with Crippen LogP contribution in [0.1, 0.15) is 66.7 Å². The second-order valence-corrected chi connectivity index (χ2v) is 7.29. The Hall–Kier alpha value is -0.570. The normalized spacial score (nSPS) is 23.2. The highest BCUT2D eigenvalue weighted by atomic mass is 16.6. The molecule has 0 aromatic carbocycles. The van der Waals surface area contributed by atoms with E-state index >= 15 is 0 Å². The van der Waals surface area contributed by atoms with Crippen molar-refractivity contribution in [3.63, 3.8) is 0 Å². The highest BCUT2D eigenvalue weighted by molar-refractivity contribution is 5.71. The van der Waals surface area contributed by atoms with Crippen LogP contribution in [0, 0.1) is 5.41 Å². The summed E-state index contributed by atoms with van der Waals surface area (Å²) in [5.74, 6) is -0.167. The van der Waals surface area contributed by atoms with Crippen LogP contribution in [-0.2, 0) is 9.53 Å². The molecule has 0 aromatic rings. The molecule has 0 spiro atoms. The molecule has 2 N–H and O–H groups in total. The van der Waals surface area contributed by atoms with Crippen LogP contribution in [0.5, 0.6) is 0 Å². The van der Waals surface area contributed by atoms with E-state index in [0.29, 0.717) is 11.8 Å². The Labute approximate surface area is 105 Å². The van der Waals surface area contributed by atoms with Gasteiger partial charge in [0.25, 0.3) is 0 Å². The molecule has 0 saturated heterocycles. The summed E-state index contributed by atoms with van der Waals surface area (Å²) in [6.07, 6.45) is 4.36. The van der Waals surface area contributed by atoms with Gasteiger partial charge >= 0.3 is 5.97 Å². The predicted octanol–water partition coefficient (Wildman–Crippen LogP) is 3.02. The van der Waals surface area contributed by atoms with Crippen LogP contribution in [0.3, 0.4) is 0 Å². The minimum absolute atomic E-state index is 0.167. The second-order valence-electron chi connectivity index (χ2n) is 7.29. The van der Waals surface area contributed by atoms with Crippen LogP contribution in [0.25, 0.3) is 0 Å². The van der Waals surface area contributed by atoms with E-state index in [0.717, 1.165) is 25.7 Å². The lowest BCUT2D eigenvalue weighted by atomic mass is 9.69. The van der Waals surface area contributed by atoms with Crippen LogP contribution in [-0.4, -0.2) is 17.1 Å². The lowest BCUT2D eigenvalue weighted by Gasteiger charge is -2.41. The Bertz CT molecular complexity index is 279. The Balaban J connectivity index is 2.49. The molecule has 0 bridgehead atoms. The van der Waals surface area contributed by atoms with Crippen LogP contribution >= 0.6 is 0 Å². The van der Waals surface area contributed by atoms with Crippen molar-refractivity contribution in [2.75, 3.05) is 0 Å². The fraction of sp³-hybridized carbons (Fsp3) is 0.929. The molecular weight excluding hydrogens is 214 g/mol. The number of rotatable bonds is 2. The minimum atomic E-state index is -0.415. The lowest BCUT2D eigenvalue weighted by molar-refractivity contribution is -0.156. The van der Waals surface area contributed by atoms with Gasteiger partial charge in [-0.05, 0) is 51.9 Å². The van der Waals surface area contributed by atoms with Crippen LogP contribution in [0.4, 0.5) is 0 Å². The van der Waals surface area contributed by atoms with E-state index in [9.17, 15) is 4.79 Å². The standard InChI is InChI=1S/C14H27NO2/c1-12(2,3)17-11(16)10-14(15)8-6-13(4,5)7-9-14/h6-10,15H2,1-5H3. The van der Waals surface area contributed by atoms with Crippen molar-refractivity contribution < 1.29 is 9.53 Å². The summed E-state index contributed by atoms with van der Waals surface area (Å²) in [5, 5.41) is 0. The molecule has 1 rings (SSSR count). The zero-order chi connectivity index (χ0) is 13.3. The largest absolute Gasteiger partial charge is 0.460 e. The van der Waals surface area contributed by atoms with Gasteiger partial charge in [0.05, 0.1) is 6.42 Å². The SMILES string of the molecule is CC1(C)CCC(N)(CC(=O)OC(C)(C)C)CC1. The first kappa shape index (κ1) is 14.5. The summed E-state index contributed by atoms with van der Waals surface area (Å²) in [6.45, 7) is 10.2. The van der Waals surface area contributed by atoms with Crippen molar-refractivity contribution in [1.82, 2.24) is 0 Å². The van der Waals surface area contributed by atoms with Gasteiger partial charge in [-0.1, -0.05) is 13.8 Å². The number of ether oxygens (including phenoxy) is 1. The summed E-state index contributed by atoms with van der Waals surface area (Å²) in [4.78, 5) is 11.8. The van der Waals surface area contributed by atoms with Crippen molar-refractivity contribution in [3.8, 4) is 0 Å². The molecule has 0 aromatic heterocycles. The third kappa shape index (κ3) is 5.07. The molecule has 1 aliphatic carbocycles. The molecule has 3 heteroatoms. The van der Waals surface area contributed by atoms with Gasteiger partial charge in [0.2, 0.25) is 0 Å². The Morgan fingerprint density at radius 2 is 1.65 bits per heavy atom. The summed E-state index contributed by atoms with van der Waals surface area (Å²) < 4.78 is 5.34. The number of nitrogens with two attached hydrogens (primary N) is 1. The molecule has 0 radical (unpaired) electrons. The summed E-state index contributed by atoms with van der Waals surface area (Å²) >= 11 is 0. The zero-order valence-electron chi connectivity index (χ0n) is 11.9. The maximum Gasteiger partial charge on any atom is 0.308 e. The molecular formula is C14H27NO2. The van der Waals surface area contributed by atoms with E-state index in [1.54, 1.807) is 0 Å². The monoisotopic (exact) mass is 241 g/mol. The molecule has 1 fully saturated rings. The molecule has 1 saturated carbocycles. The number of carbonyl (C=O) groups is 1. The molecule has 17 heavy (non-hydrogen) atoms. The van der Waals surface area contributed by atoms with Gasteiger partial charge in [-0.2, -0.15) is 0 Å². The molecule has 3 nitrogen and oxygen atoms in total. The van der Waals surface area contributed by atoms with Crippen LogP contribution < -0.4 is 5.73 Å². The summed E-state index contributed by atoms with van der Waals surface area (Å²) in [7, 11) is 0.